The molecule has 1 aromatic heterocycles. The fourth-order valence-electron chi connectivity index (χ4n) is 4.91. The van der Waals surface area contributed by atoms with Gasteiger partial charge in [0, 0.05) is 11.1 Å². The number of hydrogen-bond donors (Lipinski definition) is 0. The van der Waals surface area contributed by atoms with Crippen LogP contribution >= 0.6 is 0 Å². The van der Waals surface area contributed by atoms with Crippen molar-refractivity contribution >= 4 is 22.7 Å². The van der Waals surface area contributed by atoms with Gasteiger partial charge in [-0.3, -0.25) is 9.59 Å². The van der Waals surface area contributed by atoms with Crippen LogP contribution in [0.25, 0.3) is 11.1 Å². The van der Waals surface area contributed by atoms with Crippen molar-refractivity contribution in [2.45, 2.75) is 27.7 Å². The van der Waals surface area contributed by atoms with E-state index in [9.17, 15) is 9.59 Å². The first kappa shape index (κ1) is 24.2. The van der Waals surface area contributed by atoms with Crippen LogP contribution < -0.4 is 0 Å². The molecule has 0 atom stereocenters. The van der Waals surface area contributed by atoms with Gasteiger partial charge < -0.3 is 4.42 Å². The molecule has 0 spiro atoms. The molecule has 0 N–H and O–H groups in total. The van der Waals surface area contributed by atoms with Crippen LogP contribution in [-0.4, -0.2) is 11.6 Å². The second kappa shape index (κ2) is 9.87. The van der Waals surface area contributed by atoms with Crippen molar-refractivity contribution < 1.29 is 14.0 Å². The summed E-state index contributed by atoms with van der Waals surface area (Å²) < 4.78 is 6.62. The van der Waals surface area contributed by atoms with Crippen LogP contribution in [0.1, 0.15) is 50.3 Å². The molecule has 0 bridgehead atoms. The lowest BCUT2D eigenvalue weighted by molar-refractivity contribution is -0.113. The van der Waals surface area contributed by atoms with Gasteiger partial charge in [0.1, 0.15) is 11.5 Å². The van der Waals surface area contributed by atoms with Crippen molar-refractivity contribution in [3.8, 4) is 0 Å². The summed E-state index contributed by atoms with van der Waals surface area (Å²) in [6.07, 6.45) is 7.73. The van der Waals surface area contributed by atoms with Crippen molar-refractivity contribution in [3.63, 3.8) is 0 Å². The summed E-state index contributed by atoms with van der Waals surface area (Å²) in [6.45, 7) is 7.39. The van der Waals surface area contributed by atoms with Gasteiger partial charge in [-0.05, 0) is 109 Å². The normalized spacial score (nSPS) is 15.7. The highest BCUT2D eigenvalue weighted by Gasteiger charge is 2.23. The maximum Gasteiger partial charge on any atom is 0.184 e. The summed E-state index contributed by atoms with van der Waals surface area (Å²) in [5.41, 5.74) is 8.54. The Kier molecular flexibility index (Phi) is 6.45. The molecule has 182 valence electrons. The summed E-state index contributed by atoms with van der Waals surface area (Å²) in [4.78, 5) is 24.9. The van der Waals surface area contributed by atoms with E-state index in [0.29, 0.717) is 33.8 Å². The average molecular weight is 485 g/mol. The van der Waals surface area contributed by atoms with Gasteiger partial charge in [-0.2, -0.15) is 0 Å². The molecule has 1 heterocycles. The highest BCUT2D eigenvalue weighted by molar-refractivity contribution is 6.11. The Balaban J connectivity index is 1.74. The van der Waals surface area contributed by atoms with Crippen LogP contribution in [0.2, 0.25) is 0 Å². The Labute approximate surface area is 217 Å². The minimum absolute atomic E-state index is 0.0588. The first-order valence-corrected chi connectivity index (χ1v) is 12.4. The number of furan rings is 1. The molecule has 0 fully saturated rings. The fraction of sp³-hybridized carbons (Fsp3) is 0.118. The molecule has 0 unspecified atom stereocenters. The number of carbonyl (C=O) groups excluding carboxylic acids is 2. The maximum absolute atomic E-state index is 12.4. The third kappa shape index (κ3) is 4.68. The lowest BCUT2D eigenvalue weighted by Crippen LogP contribution is -2.07. The first-order chi connectivity index (χ1) is 17.8. The largest absolute Gasteiger partial charge is 0.456 e. The summed E-state index contributed by atoms with van der Waals surface area (Å²) in [5, 5.41) is 0. The number of Topliss-reactive ketones (excluding diaryl/α,β-unsaturated/α-hetero) is 2. The number of allylic oxidation sites excluding steroid dienone is 10. The second-order valence-electron chi connectivity index (χ2n) is 9.52. The zero-order valence-electron chi connectivity index (χ0n) is 21.5. The van der Waals surface area contributed by atoms with Crippen LogP contribution in [0, 0.1) is 0 Å². The van der Waals surface area contributed by atoms with E-state index in [-0.39, 0.29) is 11.6 Å². The van der Waals surface area contributed by atoms with Gasteiger partial charge in [0.05, 0.1) is 0 Å². The summed E-state index contributed by atoms with van der Waals surface area (Å²) in [7, 11) is 0. The highest BCUT2D eigenvalue weighted by atomic mass is 16.3. The van der Waals surface area contributed by atoms with E-state index < -0.39 is 0 Å². The van der Waals surface area contributed by atoms with Gasteiger partial charge in [-0.15, -0.1) is 0 Å². The lowest BCUT2D eigenvalue weighted by Gasteiger charge is -2.16. The standard InChI is InChI=1S/C34H28O3/c1-21-17-27(18-22(2)33(21)35)31(25-11-7-5-8-12-25)29-15-16-30(37-29)32(26-13-9-6-10-14-26)28-19-23(3)34(36)24(4)20-28/h5-20H,1-4H3. The third-order valence-corrected chi connectivity index (χ3v) is 6.72. The SMILES string of the molecule is CC1=CC(=C(c2ccccc2)c2ccc(C(=C3C=C(C)C(=O)C(C)=C3)c3ccccc3)o2)C=C(C)C1=O. The monoisotopic (exact) mass is 484 g/mol. The van der Waals surface area contributed by atoms with Crippen molar-refractivity contribution in [2.75, 3.05) is 0 Å². The number of benzene rings is 2. The van der Waals surface area contributed by atoms with Crippen LogP contribution in [-0.2, 0) is 9.59 Å². The van der Waals surface area contributed by atoms with Crippen LogP contribution in [0.15, 0.2) is 135 Å². The van der Waals surface area contributed by atoms with Gasteiger partial charge in [0.2, 0.25) is 0 Å². The summed E-state index contributed by atoms with van der Waals surface area (Å²) in [6, 6.07) is 24.1. The van der Waals surface area contributed by atoms with E-state index in [0.717, 1.165) is 33.4 Å². The van der Waals surface area contributed by atoms with E-state index >= 15 is 0 Å². The van der Waals surface area contributed by atoms with Gasteiger partial charge >= 0.3 is 0 Å². The molecule has 3 nitrogen and oxygen atoms in total. The molecule has 2 aromatic carbocycles. The molecule has 37 heavy (non-hydrogen) atoms. The Bertz CT molecular complexity index is 1430. The lowest BCUT2D eigenvalue weighted by atomic mass is 9.89. The number of ketones is 2. The predicted molar refractivity (Wildman–Crippen MR) is 149 cm³/mol. The van der Waals surface area contributed by atoms with E-state index in [4.69, 9.17) is 4.42 Å². The van der Waals surface area contributed by atoms with Crippen molar-refractivity contribution in [1.82, 2.24) is 0 Å². The van der Waals surface area contributed by atoms with E-state index in [1.54, 1.807) is 0 Å². The van der Waals surface area contributed by atoms with Crippen LogP contribution in [0.4, 0.5) is 0 Å². The molecule has 0 radical (unpaired) electrons. The minimum atomic E-state index is 0.0588. The minimum Gasteiger partial charge on any atom is -0.456 e. The molecule has 3 heteroatoms. The zero-order valence-corrected chi connectivity index (χ0v) is 21.5. The Morgan fingerprint density at radius 3 is 1.14 bits per heavy atom. The number of rotatable bonds is 4. The maximum atomic E-state index is 12.4. The van der Waals surface area contributed by atoms with Gasteiger partial charge in [0.25, 0.3) is 0 Å². The Morgan fingerprint density at radius 1 is 0.486 bits per heavy atom. The molecule has 0 saturated heterocycles. The van der Waals surface area contributed by atoms with Crippen LogP contribution in [0.3, 0.4) is 0 Å². The molecule has 2 aliphatic rings. The van der Waals surface area contributed by atoms with Gasteiger partial charge in [-0.1, -0.05) is 60.7 Å². The highest BCUT2D eigenvalue weighted by Crippen LogP contribution is 2.37. The number of hydrogen-bond acceptors (Lipinski definition) is 3. The Morgan fingerprint density at radius 2 is 0.811 bits per heavy atom. The van der Waals surface area contributed by atoms with Gasteiger partial charge in [0.15, 0.2) is 11.6 Å². The van der Waals surface area contributed by atoms with Gasteiger partial charge in [-0.25, -0.2) is 0 Å². The number of carbonyl (C=O) groups is 2. The molecular weight excluding hydrogens is 456 g/mol. The molecule has 5 rings (SSSR count). The molecule has 0 amide bonds. The van der Waals surface area contributed by atoms with Crippen molar-refractivity contribution in [2.24, 2.45) is 0 Å². The molecular formula is C34H28O3. The van der Waals surface area contributed by atoms with E-state index in [2.05, 4.69) is 24.3 Å². The molecule has 0 aliphatic heterocycles. The first-order valence-electron chi connectivity index (χ1n) is 12.4. The fourth-order valence-corrected chi connectivity index (χ4v) is 4.91. The van der Waals surface area contributed by atoms with Crippen molar-refractivity contribution in [1.29, 1.82) is 0 Å². The van der Waals surface area contributed by atoms with E-state index in [1.165, 1.54) is 0 Å². The summed E-state index contributed by atoms with van der Waals surface area (Å²) in [5.74, 6) is 1.54. The van der Waals surface area contributed by atoms with Crippen LogP contribution in [0.5, 0.6) is 0 Å². The quantitative estimate of drug-likeness (QED) is 0.379. The summed E-state index contributed by atoms with van der Waals surface area (Å²) >= 11 is 0. The zero-order chi connectivity index (χ0) is 26.1. The topological polar surface area (TPSA) is 47.3 Å². The van der Waals surface area contributed by atoms with E-state index in [1.807, 2.05) is 101 Å². The predicted octanol–water partition coefficient (Wildman–Crippen LogP) is 7.83. The average Bonchev–Trinajstić information content (AvgIpc) is 3.36. The van der Waals surface area contributed by atoms with Crippen molar-refractivity contribution in [3.05, 3.63) is 153 Å². The molecule has 0 saturated carbocycles. The smallest absolute Gasteiger partial charge is 0.184 e. The Hall–Kier alpha value is -4.50. The second-order valence-corrected chi connectivity index (χ2v) is 9.52. The molecule has 3 aromatic rings. The molecule has 2 aliphatic carbocycles. The third-order valence-electron chi connectivity index (χ3n) is 6.72.